The molecule has 0 bridgehead atoms. The third-order valence-electron chi connectivity index (χ3n) is 5.43. The molecule has 0 aliphatic carbocycles. The van der Waals surface area contributed by atoms with E-state index in [2.05, 4.69) is 4.99 Å². The first kappa shape index (κ1) is 23.3. The molecule has 0 radical (unpaired) electrons. The zero-order valence-electron chi connectivity index (χ0n) is 19.2. The topological polar surface area (TPSA) is 99.4 Å². The Labute approximate surface area is 199 Å². The summed E-state index contributed by atoms with van der Waals surface area (Å²) in [5, 5.41) is 9.87. The van der Waals surface area contributed by atoms with Crippen LogP contribution in [0.2, 0.25) is 0 Å². The van der Waals surface area contributed by atoms with E-state index < -0.39 is 12.0 Å². The highest BCUT2D eigenvalue weighted by molar-refractivity contribution is 7.07. The second kappa shape index (κ2) is 9.56. The van der Waals surface area contributed by atoms with Crippen molar-refractivity contribution < 1.29 is 24.1 Å². The van der Waals surface area contributed by atoms with Crippen LogP contribution in [-0.4, -0.2) is 36.5 Å². The molecule has 1 atom stereocenters. The maximum Gasteiger partial charge on any atom is 0.338 e. The highest BCUT2D eigenvalue weighted by Gasteiger charge is 2.33. The van der Waals surface area contributed by atoms with Gasteiger partial charge in [0.1, 0.15) is 5.75 Å². The molecular weight excluding hydrogens is 456 g/mol. The van der Waals surface area contributed by atoms with Crippen LogP contribution in [0, 0.1) is 0 Å². The van der Waals surface area contributed by atoms with E-state index in [-0.39, 0.29) is 17.9 Å². The fourth-order valence-electron chi connectivity index (χ4n) is 3.85. The van der Waals surface area contributed by atoms with Gasteiger partial charge in [-0.1, -0.05) is 29.5 Å². The first-order valence-corrected chi connectivity index (χ1v) is 11.4. The summed E-state index contributed by atoms with van der Waals surface area (Å²) in [6.07, 6.45) is 1.71. The lowest BCUT2D eigenvalue weighted by atomic mass is 9.95. The van der Waals surface area contributed by atoms with Crippen molar-refractivity contribution in [3.63, 3.8) is 0 Å². The average Bonchev–Trinajstić information content (AvgIpc) is 3.13. The van der Waals surface area contributed by atoms with Crippen LogP contribution in [0.4, 0.5) is 0 Å². The largest absolute Gasteiger partial charge is 0.504 e. The Morgan fingerprint density at radius 3 is 2.71 bits per heavy atom. The third-order valence-corrected chi connectivity index (χ3v) is 6.41. The normalized spacial score (nSPS) is 15.5. The molecule has 1 unspecified atom stereocenters. The Morgan fingerprint density at radius 2 is 2.00 bits per heavy atom. The zero-order chi connectivity index (χ0) is 24.4. The number of phenols is 1. The third kappa shape index (κ3) is 4.22. The van der Waals surface area contributed by atoms with Gasteiger partial charge >= 0.3 is 5.97 Å². The van der Waals surface area contributed by atoms with E-state index in [1.807, 2.05) is 12.1 Å². The fourth-order valence-corrected chi connectivity index (χ4v) is 4.90. The van der Waals surface area contributed by atoms with Gasteiger partial charge in [-0.3, -0.25) is 9.36 Å². The number of carbonyl (C=O) groups excluding carboxylic acids is 1. The van der Waals surface area contributed by atoms with E-state index in [4.69, 9.17) is 14.2 Å². The molecule has 1 aliphatic rings. The van der Waals surface area contributed by atoms with Gasteiger partial charge in [-0.2, -0.15) is 0 Å². The van der Waals surface area contributed by atoms with Crippen molar-refractivity contribution >= 4 is 23.4 Å². The molecule has 176 valence electrons. The Hall–Kier alpha value is -3.85. The lowest BCUT2D eigenvalue weighted by Crippen LogP contribution is -2.39. The smallest absolute Gasteiger partial charge is 0.338 e. The number of carbonyl (C=O) groups is 1. The number of rotatable bonds is 6. The maximum absolute atomic E-state index is 13.6. The summed E-state index contributed by atoms with van der Waals surface area (Å²) in [5.41, 5.74) is 1.89. The number of methoxy groups -OCH3 is 2. The first-order valence-electron chi connectivity index (χ1n) is 10.6. The van der Waals surface area contributed by atoms with E-state index in [0.717, 1.165) is 0 Å². The highest BCUT2D eigenvalue weighted by Crippen LogP contribution is 2.32. The molecule has 34 heavy (non-hydrogen) atoms. The van der Waals surface area contributed by atoms with E-state index in [9.17, 15) is 14.7 Å². The van der Waals surface area contributed by atoms with Gasteiger partial charge in [0.2, 0.25) is 0 Å². The molecule has 1 aliphatic heterocycles. The van der Waals surface area contributed by atoms with Gasteiger partial charge < -0.3 is 19.3 Å². The number of allylic oxidation sites excluding steroid dienone is 1. The molecule has 2 heterocycles. The predicted octanol–water partition coefficient (Wildman–Crippen LogP) is 2.52. The average molecular weight is 481 g/mol. The quantitative estimate of drug-likeness (QED) is 0.545. The Kier molecular flexibility index (Phi) is 6.56. The van der Waals surface area contributed by atoms with Crippen LogP contribution in [0.5, 0.6) is 17.2 Å². The van der Waals surface area contributed by atoms with E-state index in [1.54, 1.807) is 51.3 Å². The number of ether oxygens (including phenoxy) is 3. The van der Waals surface area contributed by atoms with Crippen molar-refractivity contribution in [2.24, 2.45) is 4.99 Å². The molecule has 1 aromatic heterocycles. The van der Waals surface area contributed by atoms with Crippen molar-refractivity contribution in [3.05, 3.63) is 84.5 Å². The number of aromatic nitrogens is 1. The molecule has 0 saturated heterocycles. The molecular formula is C25H24N2O6S. The Balaban J connectivity index is 1.95. The number of aromatic hydroxyl groups is 1. The van der Waals surface area contributed by atoms with Crippen molar-refractivity contribution in [2.45, 2.75) is 19.9 Å². The number of esters is 1. The fraction of sp³-hybridized carbons (Fsp3) is 0.240. The van der Waals surface area contributed by atoms with Crippen LogP contribution in [0.1, 0.15) is 31.0 Å². The van der Waals surface area contributed by atoms with Gasteiger partial charge in [-0.25, -0.2) is 9.79 Å². The molecule has 8 nitrogen and oxygen atoms in total. The Bertz CT molecular complexity index is 1470. The first-order chi connectivity index (χ1) is 16.4. The van der Waals surface area contributed by atoms with Gasteiger partial charge in [0.15, 0.2) is 16.3 Å². The lowest BCUT2D eigenvalue weighted by molar-refractivity contribution is -0.139. The monoisotopic (exact) mass is 480 g/mol. The van der Waals surface area contributed by atoms with Crippen molar-refractivity contribution in [1.82, 2.24) is 4.57 Å². The molecule has 0 spiro atoms. The van der Waals surface area contributed by atoms with Crippen LogP contribution >= 0.6 is 11.3 Å². The number of phenolic OH excluding ortho intramolecular Hbond substituents is 1. The van der Waals surface area contributed by atoms with Crippen LogP contribution < -0.4 is 24.4 Å². The number of hydrogen-bond donors (Lipinski definition) is 1. The van der Waals surface area contributed by atoms with E-state index in [0.29, 0.717) is 43.2 Å². The number of fused-ring (bicyclic) bond motifs is 1. The molecule has 0 saturated carbocycles. The molecule has 2 aromatic carbocycles. The second-order valence-electron chi connectivity index (χ2n) is 7.51. The number of hydrogen-bond acceptors (Lipinski definition) is 8. The van der Waals surface area contributed by atoms with Crippen molar-refractivity contribution in [3.8, 4) is 17.2 Å². The van der Waals surface area contributed by atoms with Gasteiger partial charge in [0, 0.05) is 0 Å². The summed E-state index contributed by atoms with van der Waals surface area (Å²) in [7, 11) is 3.02. The second-order valence-corrected chi connectivity index (χ2v) is 8.52. The summed E-state index contributed by atoms with van der Waals surface area (Å²) < 4.78 is 17.8. The molecule has 0 amide bonds. The summed E-state index contributed by atoms with van der Waals surface area (Å²) in [4.78, 5) is 31.6. The summed E-state index contributed by atoms with van der Waals surface area (Å²) in [6, 6.07) is 11.4. The zero-order valence-corrected chi connectivity index (χ0v) is 20.0. The van der Waals surface area contributed by atoms with Crippen molar-refractivity contribution in [1.29, 1.82) is 0 Å². The van der Waals surface area contributed by atoms with Crippen LogP contribution in [-0.2, 0) is 9.53 Å². The number of thiazole rings is 1. The van der Waals surface area contributed by atoms with Gasteiger partial charge in [-0.05, 0) is 55.3 Å². The van der Waals surface area contributed by atoms with Crippen LogP contribution in [0.3, 0.4) is 0 Å². The minimum Gasteiger partial charge on any atom is -0.504 e. The van der Waals surface area contributed by atoms with Gasteiger partial charge in [0.25, 0.3) is 5.56 Å². The van der Waals surface area contributed by atoms with Gasteiger partial charge in [-0.15, -0.1) is 0 Å². The SMILES string of the molecule is CCOC(=O)C1=C(C)N=c2sc(=Cc3ccc(O)c(OC)c3)c(=O)n2C1c1cccc(OC)c1. The minimum atomic E-state index is -0.720. The molecule has 1 N–H and O–H groups in total. The molecule has 9 heteroatoms. The van der Waals surface area contributed by atoms with Gasteiger partial charge in [0.05, 0.1) is 42.7 Å². The number of nitrogens with zero attached hydrogens (tertiary/aromatic N) is 2. The van der Waals surface area contributed by atoms with Crippen molar-refractivity contribution in [2.75, 3.05) is 20.8 Å². The minimum absolute atomic E-state index is 0.00818. The number of benzene rings is 2. The Morgan fingerprint density at radius 1 is 1.21 bits per heavy atom. The van der Waals surface area contributed by atoms with E-state index in [1.165, 1.54) is 29.1 Å². The maximum atomic E-state index is 13.6. The van der Waals surface area contributed by atoms with Crippen LogP contribution in [0.15, 0.2) is 63.5 Å². The lowest BCUT2D eigenvalue weighted by Gasteiger charge is -2.25. The molecule has 4 rings (SSSR count). The molecule has 3 aromatic rings. The van der Waals surface area contributed by atoms with E-state index >= 15 is 0 Å². The summed E-state index contributed by atoms with van der Waals surface area (Å²) in [6.45, 7) is 3.67. The molecule has 0 fully saturated rings. The predicted molar refractivity (Wildman–Crippen MR) is 128 cm³/mol. The van der Waals surface area contributed by atoms with Crippen LogP contribution in [0.25, 0.3) is 6.08 Å². The highest BCUT2D eigenvalue weighted by atomic mass is 32.1. The summed E-state index contributed by atoms with van der Waals surface area (Å²) in [5.74, 6) is 0.396. The standard InChI is InChI=1S/C25H24N2O6S/c1-5-33-24(30)21-14(2)26-25-27(22(21)16-7-6-8-17(13-16)31-3)23(29)20(34-25)12-15-9-10-18(28)19(11-15)32-4/h6-13,22,28H,5H2,1-4H3. The summed E-state index contributed by atoms with van der Waals surface area (Å²) >= 11 is 1.22.